The number of fused-ring (bicyclic) bond motifs is 1. The predicted molar refractivity (Wildman–Crippen MR) is 99.1 cm³/mol. The maximum Gasteiger partial charge on any atom is 0.260 e. The molecule has 0 bridgehead atoms. The zero-order valence-corrected chi connectivity index (χ0v) is 14.7. The average molecular weight is 338 g/mol. The van der Waals surface area contributed by atoms with Crippen LogP contribution in [0.4, 0.5) is 17.2 Å². The molecule has 1 atom stereocenters. The van der Waals surface area contributed by atoms with Gasteiger partial charge in [-0.05, 0) is 30.7 Å². The monoisotopic (exact) mass is 338 g/mol. The van der Waals surface area contributed by atoms with Gasteiger partial charge in [0, 0.05) is 20.3 Å². The molecule has 0 aliphatic carbocycles. The van der Waals surface area contributed by atoms with Crippen LogP contribution in [0.2, 0.25) is 0 Å². The van der Waals surface area contributed by atoms with Gasteiger partial charge in [0.05, 0.1) is 16.9 Å². The van der Waals surface area contributed by atoms with Crippen LogP contribution in [0, 0.1) is 0 Å². The van der Waals surface area contributed by atoms with Crippen molar-refractivity contribution in [1.82, 2.24) is 4.98 Å². The van der Waals surface area contributed by atoms with Crippen molar-refractivity contribution in [2.45, 2.75) is 25.8 Å². The highest BCUT2D eigenvalue weighted by Crippen LogP contribution is 2.34. The number of hydrogen-bond acceptors (Lipinski definition) is 4. The first kappa shape index (κ1) is 17.0. The second-order valence-corrected chi connectivity index (χ2v) is 6.29. The van der Waals surface area contributed by atoms with Crippen molar-refractivity contribution in [3.63, 3.8) is 0 Å². The van der Waals surface area contributed by atoms with Crippen LogP contribution in [0.5, 0.6) is 0 Å². The first-order chi connectivity index (χ1) is 12.0. The molecule has 2 amide bonds. The van der Waals surface area contributed by atoms with Crippen LogP contribution in [0.3, 0.4) is 0 Å². The van der Waals surface area contributed by atoms with Crippen LogP contribution in [-0.2, 0) is 4.79 Å². The van der Waals surface area contributed by atoms with Crippen molar-refractivity contribution in [1.29, 1.82) is 0 Å². The maximum atomic E-state index is 13.2. The van der Waals surface area contributed by atoms with Crippen LogP contribution >= 0.6 is 0 Å². The SMILES string of the molecule is CCCC1C(=O)Nc2ccccc2N1C(=O)c1ccc(N(C)C)nc1. The van der Waals surface area contributed by atoms with Gasteiger partial charge < -0.3 is 10.2 Å². The number of carbonyl (C=O) groups excluding carboxylic acids is 2. The predicted octanol–water partition coefficient (Wildman–Crippen LogP) is 2.92. The summed E-state index contributed by atoms with van der Waals surface area (Å²) in [7, 11) is 3.79. The molecule has 1 aliphatic heterocycles. The van der Waals surface area contributed by atoms with Crippen LogP contribution in [-0.4, -0.2) is 36.9 Å². The summed E-state index contributed by atoms with van der Waals surface area (Å²) >= 11 is 0. The molecule has 0 radical (unpaired) electrons. The lowest BCUT2D eigenvalue weighted by atomic mass is 10.0. The number of rotatable bonds is 4. The minimum absolute atomic E-state index is 0.147. The molecule has 2 aromatic rings. The Morgan fingerprint density at radius 1 is 1.24 bits per heavy atom. The highest BCUT2D eigenvalue weighted by Gasteiger charge is 2.36. The molecule has 1 aromatic carbocycles. The highest BCUT2D eigenvalue weighted by molar-refractivity contribution is 6.16. The van der Waals surface area contributed by atoms with Crippen molar-refractivity contribution in [3.8, 4) is 0 Å². The molecular weight excluding hydrogens is 316 g/mol. The molecule has 1 N–H and O–H groups in total. The Morgan fingerprint density at radius 2 is 2.00 bits per heavy atom. The number of nitrogens with zero attached hydrogens (tertiary/aromatic N) is 3. The van der Waals surface area contributed by atoms with E-state index in [4.69, 9.17) is 0 Å². The van der Waals surface area contributed by atoms with Gasteiger partial charge >= 0.3 is 0 Å². The molecule has 130 valence electrons. The Hall–Kier alpha value is -2.89. The van der Waals surface area contributed by atoms with Gasteiger partial charge in [-0.15, -0.1) is 0 Å². The summed E-state index contributed by atoms with van der Waals surface area (Å²) in [4.78, 5) is 33.5. The minimum Gasteiger partial charge on any atom is -0.363 e. The van der Waals surface area contributed by atoms with Crippen molar-refractivity contribution >= 4 is 29.0 Å². The third-order valence-corrected chi connectivity index (χ3v) is 4.27. The van der Waals surface area contributed by atoms with Crippen LogP contribution in [0.1, 0.15) is 30.1 Å². The molecule has 0 spiro atoms. The molecule has 1 unspecified atom stereocenters. The van der Waals surface area contributed by atoms with Gasteiger partial charge in [0.25, 0.3) is 5.91 Å². The van der Waals surface area contributed by atoms with E-state index in [-0.39, 0.29) is 11.8 Å². The summed E-state index contributed by atoms with van der Waals surface area (Å²) in [5.74, 6) is 0.420. The van der Waals surface area contributed by atoms with Gasteiger partial charge in [-0.3, -0.25) is 14.5 Å². The quantitative estimate of drug-likeness (QED) is 0.931. The van der Waals surface area contributed by atoms with Crippen LogP contribution < -0.4 is 15.1 Å². The molecule has 0 fully saturated rings. The lowest BCUT2D eigenvalue weighted by Crippen LogP contribution is -2.51. The summed E-state index contributed by atoms with van der Waals surface area (Å²) in [6.45, 7) is 2.00. The maximum absolute atomic E-state index is 13.2. The van der Waals surface area contributed by atoms with Crippen molar-refractivity contribution in [2.75, 3.05) is 29.2 Å². The van der Waals surface area contributed by atoms with Crippen molar-refractivity contribution in [3.05, 3.63) is 48.2 Å². The van der Waals surface area contributed by atoms with Crippen LogP contribution in [0.15, 0.2) is 42.6 Å². The fourth-order valence-corrected chi connectivity index (χ4v) is 2.99. The Bertz CT molecular complexity index is 786. The third kappa shape index (κ3) is 3.20. The van der Waals surface area contributed by atoms with E-state index in [1.54, 1.807) is 23.2 Å². The summed E-state index contributed by atoms with van der Waals surface area (Å²) in [6.07, 6.45) is 2.98. The molecule has 1 aliphatic rings. The minimum atomic E-state index is -0.513. The molecule has 1 aromatic heterocycles. The number of carbonyl (C=O) groups is 2. The number of amides is 2. The Balaban J connectivity index is 2.01. The van der Waals surface area contributed by atoms with E-state index in [0.29, 0.717) is 17.7 Å². The van der Waals surface area contributed by atoms with Gasteiger partial charge in [-0.2, -0.15) is 0 Å². The largest absolute Gasteiger partial charge is 0.363 e. The number of para-hydroxylation sites is 2. The molecule has 6 nitrogen and oxygen atoms in total. The lowest BCUT2D eigenvalue weighted by molar-refractivity contribution is -0.117. The van der Waals surface area contributed by atoms with Gasteiger partial charge in [0.2, 0.25) is 5.91 Å². The van der Waals surface area contributed by atoms with E-state index in [1.165, 1.54) is 0 Å². The summed E-state index contributed by atoms with van der Waals surface area (Å²) in [6, 6.07) is 10.4. The van der Waals surface area contributed by atoms with Crippen LogP contribution in [0.25, 0.3) is 0 Å². The van der Waals surface area contributed by atoms with Gasteiger partial charge in [0.15, 0.2) is 0 Å². The van der Waals surface area contributed by atoms with E-state index < -0.39 is 6.04 Å². The number of benzene rings is 1. The number of hydrogen-bond donors (Lipinski definition) is 1. The second kappa shape index (κ2) is 6.93. The normalized spacial score (nSPS) is 16.2. The molecular formula is C19H22N4O2. The summed E-state index contributed by atoms with van der Waals surface area (Å²) in [5.41, 5.74) is 1.85. The fraction of sp³-hybridized carbons (Fsp3) is 0.316. The summed E-state index contributed by atoms with van der Waals surface area (Å²) in [5, 5.41) is 2.90. The third-order valence-electron chi connectivity index (χ3n) is 4.27. The zero-order valence-electron chi connectivity index (χ0n) is 14.7. The molecule has 2 heterocycles. The zero-order chi connectivity index (χ0) is 18.0. The molecule has 25 heavy (non-hydrogen) atoms. The standard InChI is InChI=1S/C19H22N4O2/c1-4-7-16-18(24)21-14-8-5-6-9-15(14)23(16)19(25)13-10-11-17(20-12-13)22(2)3/h5-6,8-12,16H,4,7H2,1-3H3,(H,21,24). The molecule has 0 saturated carbocycles. The Kier molecular flexibility index (Phi) is 4.70. The van der Waals surface area contributed by atoms with E-state index in [1.807, 2.05) is 50.2 Å². The number of pyridine rings is 1. The van der Waals surface area contributed by atoms with Crippen molar-refractivity contribution < 1.29 is 9.59 Å². The van der Waals surface area contributed by atoms with E-state index in [0.717, 1.165) is 17.9 Å². The fourth-order valence-electron chi connectivity index (χ4n) is 2.99. The second-order valence-electron chi connectivity index (χ2n) is 6.29. The summed E-state index contributed by atoms with van der Waals surface area (Å²) < 4.78 is 0. The number of anilines is 3. The smallest absolute Gasteiger partial charge is 0.260 e. The first-order valence-electron chi connectivity index (χ1n) is 8.39. The van der Waals surface area contributed by atoms with Crippen molar-refractivity contribution in [2.24, 2.45) is 0 Å². The molecule has 0 saturated heterocycles. The van der Waals surface area contributed by atoms with E-state index >= 15 is 0 Å². The van der Waals surface area contributed by atoms with Gasteiger partial charge in [-0.25, -0.2) is 4.98 Å². The molecule has 6 heteroatoms. The van der Waals surface area contributed by atoms with Gasteiger partial charge in [0.1, 0.15) is 11.9 Å². The van der Waals surface area contributed by atoms with Gasteiger partial charge in [-0.1, -0.05) is 25.5 Å². The first-order valence-corrected chi connectivity index (χ1v) is 8.39. The molecule has 3 rings (SSSR count). The number of aromatic nitrogens is 1. The lowest BCUT2D eigenvalue weighted by Gasteiger charge is -2.36. The average Bonchev–Trinajstić information content (AvgIpc) is 2.62. The Morgan fingerprint density at radius 3 is 2.64 bits per heavy atom. The van der Waals surface area contributed by atoms with E-state index in [9.17, 15) is 9.59 Å². The highest BCUT2D eigenvalue weighted by atomic mass is 16.2. The topological polar surface area (TPSA) is 65.5 Å². The Labute approximate surface area is 147 Å². The number of nitrogens with one attached hydrogen (secondary N) is 1. The van der Waals surface area contributed by atoms with E-state index in [2.05, 4.69) is 10.3 Å².